The Bertz CT molecular complexity index is 1190. The molecule has 1 N–H and O–H groups in total. The number of nitrogens with zero attached hydrogens (tertiary/aromatic N) is 1. The monoisotopic (exact) mass is 578 g/mol. The summed E-state index contributed by atoms with van der Waals surface area (Å²) < 4.78 is 6.85. The van der Waals surface area contributed by atoms with Crippen LogP contribution in [-0.4, -0.2) is 35.4 Å². The molecule has 202 valence electrons. The van der Waals surface area contributed by atoms with Crippen molar-refractivity contribution in [2.75, 3.05) is 6.61 Å². The molecule has 0 radical (unpaired) electrons. The summed E-state index contributed by atoms with van der Waals surface area (Å²) in [5, 5.41) is 3.09. The number of hydrogen-bond donors (Lipinski definition) is 1. The van der Waals surface area contributed by atoms with Crippen LogP contribution in [0.2, 0.25) is 0 Å². The van der Waals surface area contributed by atoms with Crippen LogP contribution in [0.4, 0.5) is 0 Å². The zero-order chi connectivity index (χ0) is 27.7. The summed E-state index contributed by atoms with van der Waals surface area (Å²) in [7, 11) is 0. The summed E-state index contributed by atoms with van der Waals surface area (Å²) in [6.45, 7) is 10.6. The van der Waals surface area contributed by atoms with Crippen molar-refractivity contribution in [2.45, 2.75) is 71.5 Å². The van der Waals surface area contributed by atoms with Crippen LogP contribution in [0.15, 0.2) is 83.3 Å². The molecule has 3 aromatic carbocycles. The molecule has 6 heteroatoms. The van der Waals surface area contributed by atoms with E-state index in [4.69, 9.17) is 4.74 Å². The summed E-state index contributed by atoms with van der Waals surface area (Å²) in [5.41, 5.74) is 3.14. The average molecular weight is 580 g/mol. The SMILES string of the molecule is CC[C@H](C)NC(=O)[C@@H](Cc1ccccc1)N(Cc1cccc(Br)c1)C(=O)COc1ccc(C(C)(C)C)cc1. The molecule has 3 rings (SSSR count). The molecule has 0 aliphatic heterocycles. The lowest BCUT2D eigenvalue weighted by atomic mass is 9.87. The van der Waals surface area contributed by atoms with Gasteiger partial charge in [0.05, 0.1) is 0 Å². The molecule has 0 fully saturated rings. The molecular weight excluding hydrogens is 540 g/mol. The Morgan fingerprint density at radius 3 is 2.21 bits per heavy atom. The van der Waals surface area contributed by atoms with Crippen LogP contribution in [-0.2, 0) is 28.0 Å². The Hall–Kier alpha value is -3.12. The first kappa shape index (κ1) is 29.4. The standard InChI is InChI=1S/C32H39BrN2O3/c1-6-23(2)34-31(37)29(20-24-11-8-7-9-12-24)35(21-25-13-10-14-27(33)19-25)30(36)22-38-28-17-15-26(16-18-28)32(3,4)5/h7-19,23,29H,6,20-22H2,1-5H3,(H,34,37)/t23-,29+/m0/s1. The molecule has 0 aliphatic carbocycles. The van der Waals surface area contributed by atoms with Gasteiger partial charge in [-0.3, -0.25) is 9.59 Å². The third kappa shape index (κ3) is 8.73. The average Bonchev–Trinajstić information content (AvgIpc) is 2.89. The summed E-state index contributed by atoms with van der Waals surface area (Å²) in [6.07, 6.45) is 1.21. The van der Waals surface area contributed by atoms with E-state index in [1.807, 2.05) is 92.7 Å². The van der Waals surface area contributed by atoms with E-state index in [1.165, 1.54) is 5.56 Å². The smallest absolute Gasteiger partial charge is 0.261 e. The third-order valence-electron chi connectivity index (χ3n) is 6.60. The number of halogens is 1. The molecule has 0 saturated heterocycles. The van der Waals surface area contributed by atoms with Gasteiger partial charge in [0.15, 0.2) is 6.61 Å². The topological polar surface area (TPSA) is 58.6 Å². The highest BCUT2D eigenvalue weighted by Gasteiger charge is 2.31. The fraction of sp³-hybridized carbons (Fsp3) is 0.375. The summed E-state index contributed by atoms with van der Waals surface area (Å²) in [6, 6.07) is 24.8. The number of carbonyl (C=O) groups excluding carboxylic acids is 2. The molecule has 0 saturated carbocycles. The Morgan fingerprint density at radius 1 is 0.947 bits per heavy atom. The Balaban J connectivity index is 1.89. The van der Waals surface area contributed by atoms with Gasteiger partial charge in [0.25, 0.3) is 5.91 Å². The molecule has 38 heavy (non-hydrogen) atoms. The van der Waals surface area contributed by atoms with Crippen LogP contribution in [0.3, 0.4) is 0 Å². The van der Waals surface area contributed by atoms with E-state index in [0.717, 1.165) is 22.0 Å². The van der Waals surface area contributed by atoms with Gasteiger partial charge in [-0.2, -0.15) is 0 Å². The second-order valence-electron chi connectivity index (χ2n) is 10.7. The lowest BCUT2D eigenvalue weighted by Gasteiger charge is -2.32. The van der Waals surface area contributed by atoms with Gasteiger partial charge in [0, 0.05) is 23.5 Å². The fourth-order valence-electron chi connectivity index (χ4n) is 4.11. The maximum Gasteiger partial charge on any atom is 0.261 e. The van der Waals surface area contributed by atoms with Crippen LogP contribution >= 0.6 is 15.9 Å². The minimum absolute atomic E-state index is 0.00109. The van der Waals surface area contributed by atoms with Crippen molar-refractivity contribution >= 4 is 27.7 Å². The third-order valence-corrected chi connectivity index (χ3v) is 7.09. The second kappa shape index (κ2) is 13.6. The van der Waals surface area contributed by atoms with Crippen LogP contribution in [0.1, 0.15) is 57.7 Å². The number of nitrogens with one attached hydrogen (secondary N) is 1. The Morgan fingerprint density at radius 2 is 1.61 bits per heavy atom. The number of carbonyl (C=O) groups is 2. The first-order valence-electron chi connectivity index (χ1n) is 13.2. The maximum atomic E-state index is 13.7. The predicted molar refractivity (Wildman–Crippen MR) is 157 cm³/mol. The normalized spacial score (nSPS) is 12.9. The van der Waals surface area contributed by atoms with Crippen molar-refractivity contribution in [3.63, 3.8) is 0 Å². The molecule has 3 aromatic rings. The lowest BCUT2D eigenvalue weighted by molar-refractivity contribution is -0.143. The minimum atomic E-state index is -0.690. The van der Waals surface area contributed by atoms with Crippen molar-refractivity contribution in [1.82, 2.24) is 10.2 Å². The van der Waals surface area contributed by atoms with Crippen molar-refractivity contribution in [2.24, 2.45) is 0 Å². The van der Waals surface area contributed by atoms with E-state index in [-0.39, 0.29) is 36.4 Å². The number of amides is 2. The van der Waals surface area contributed by atoms with Gasteiger partial charge in [-0.05, 0) is 59.7 Å². The van der Waals surface area contributed by atoms with E-state index in [0.29, 0.717) is 12.2 Å². The summed E-state index contributed by atoms with van der Waals surface area (Å²) in [5.74, 6) is 0.212. The molecule has 0 aliphatic rings. The molecule has 0 spiro atoms. The van der Waals surface area contributed by atoms with Gasteiger partial charge >= 0.3 is 0 Å². The van der Waals surface area contributed by atoms with Crippen LogP contribution in [0.25, 0.3) is 0 Å². The van der Waals surface area contributed by atoms with Crippen molar-refractivity contribution in [3.8, 4) is 5.75 Å². The predicted octanol–water partition coefficient (Wildman–Crippen LogP) is 6.68. The van der Waals surface area contributed by atoms with Gasteiger partial charge in [-0.25, -0.2) is 0 Å². The van der Waals surface area contributed by atoms with Crippen molar-refractivity contribution in [1.29, 1.82) is 0 Å². The molecule has 0 aromatic heterocycles. The molecule has 2 amide bonds. The van der Waals surface area contributed by atoms with E-state index in [2.05, 4.69) is 42.0 Å². The van der Waals surface area contributed by atoms with Crippen molar-refractivity contribution in [3.05, 3.63) is 100 Å². The molecule has 0 bridgehead atoms. The number of rotatable bonds is 11. The minimum Gasteiger partial charge on any atom is -0.484 e. The van der Waals surface area contributed by atoms with Gasteiger partial charge < -0.3 is 15.0 Å². The fourth-order valence-corrected chi connectivity index (χ4v) is 4.55. The number of hydrogen-bond acceptors (Lipinski definition) is 3. The lowest BCUT2D eigenvalue weighted by Crippen LogP contribution is -2.53. The van der Waals surface area contributed by atoms with E-state index < -0.39 is 6.04 Å². The van der Waals surface area contributed by atoms with Gasteiger partial charge in [-0.1, -0.05) is 98.2 Å². The highest BCUT2D eigenvalue weighted by Crippen LogP contribution is 2.24. The maximum absolute atomic E-state index is 13.7. The molecular formula is C32H39BrN2O3. The van der Waals surface area contributed by atoms with Gasteiger partial charge in [0.1, 0.15) is 11.8 Å². The zero-order valence-electron chi connectivity index (χ0n) is 23.0. The van der Waals surface area contributed by atoms with E-state index >= 15 is 0 Å². The highest BCUT2D eigenvalue weighted by atomic mass is 79.9. The molecule has 0 unspecified atom stereocenters. The highest BCUT2D eigenvalue weighted by molar-refractivity contribution is 9.10. The quantitative estimate of drug-likeness (QED) is 0.276. The van der Waals surface area contributed by atoms with E-state index in [9.17, 15) is 9.59 Å². The Kier molecular flexibility index (Phi) is 10.5. The van der Waals surface area contributed by atoms with Gasteiger partial charge in [-0.15, -0.1) is 0 Å². The molecule has 2 atom stereocenters. The Labute approximate surface area is 235 Å². The summed E-state index contributed by atoms with van der Waals surface area (Å²) in [4.78, 5) is 29.0. The van der Waals surface area contributed by atoms with Crippen LogP contribution in [0, 0.1) is 0 Å². The molecule has 5 nitrogen and oxygen atoms in total. The van der Waals surface area contributed by atoms with E-state index in [1.54, 1.807) is 4.90 Å². The summed E-state index contributed by atoms with van der Waals surface area (Å²) >= 11 is 3.52. The van der Waals surface area contributed by atoms with Crippen molar-refractivity contribution < 1.29 is 14.3 Å². The second-order valence-corrected chi connectivity index (χ2v) is 11.7. The first-order valence-corrected chi connectivity index (χ1v) is 14.0. The van der Waals surface area contributed by atoms with Gasteiger partial charge in [0.2, 0.25) is 5.91 Å². The molecule has 0 heterocycles. The largest absolute Gasteiger partial charge is 0.484 e. The first-order chi connectivity index (χ1) is 18.1. The zero-order valence-corrected chi connectivity index (χ0v) is 24.6. The number of benzene rings is 3. The van der Waals surface area contributed by atoms with Crippen LogP contribution < -0.4 is 10.1 Å². The van der Waals surface area contributed by atoms with Crippen LogP contribution in [0.5, 0.6) is 5.75 Å². The number of ether oxygens (including phenoxy) is 1.